The highest BCUT2D eigenvalue weighted by Crippen LogP contribution is 2.40. The van der Waals surface area contributed by atoms with Crippen molar-refractivity contribution < 1.29 is 138 Å². The number of hydrogen-bond acceptors (Lipinski definition) is 30. The van der Waals surface area contributed by atoms with Crippen LogP contribution in [0.4, 0.5) is 0 Å². The maximum Gasteiger partial charge on any atom is 0.303 e. The van der Waals surface area contributed by atoms with E-state index >= 15 is 0 Å². The van der Waals surface area contributed by atoms with Gasteiger partial charge in [-0.3, -0.25) is 28.8 Å². The monoisotopic (exact) mass is 1750 g/mol. The summed E-state index contributed by atoms with van der Waals surface area (Å²) in [7, 11) is 0. The van der Waals surface area contributed by atoms with E-state index in [-0.39, 0.29) is 78.4 Å². The zero-order valence-corrected chi connectivity index (χ0v) is 76.5. The summed E-state index contributed by atoms with van der Waals surface area (Å²) in [4.78, 5) is 83.5. The summed E-state index contributed by atoms with van der Waals surface area (Å²) < 4.78 is 148. The molecule has 4 aliphatic rings. The number of thioether (sulfide) groups is 1. The molecule has 0 spiro atoms. The van der Waals surface area contributed by atoms with Gasteiger partial charge in [-0.2, -0.15) is 0 Å². The molecule has 700 valence electrons. The predicted molar refractivity (Wildman–Crippen MR) is 452 cm³/mol. The lowest BCUT2D eigenvalue weighted by Gasteiger charge is -2.51. The Morgan fingerprint density at radius 3 is 1.17 bits per heavy atom. The fourth-order valence-electron chi connectivity index (χ4n) is 14.4. The molecule has 24 atom stereocenters. The van der Waals surface area contributed by atoms with Crippen molar-refractivity contribution in [2.24, 2.45) is 0 Å². The summed E-state index contributed by atoms with van der Waals surface area (Å²) in [5.74, 6) is -3.68. The van der Waals surface area contributed by atoms with Crippen molar-refractivity contribution >= 4 is 47.5 Å². The van der Waals surface area contributed by atoms with Gasteiger partial charge in [0, 0.05) is 120 Å². The lowest BCUT2D eigenvalue weighted by Crippen LogP contribution is -2.70. The van der Waals surface area contributed by atoms with Crippen LogP contribution in [0.2, 0.25) is 0 Å². The molecule has 31 nitrogen and oxygen atoms in total. The molecule has 3 N–H and O–H groups in total. The van der Waals surface area contributed by atoms with Gasteiger partial charge in [-0.25, -0.2) is 0 Å². The Hall–Kier alpha value is -4.37. The predicted octanol–water partition coefficient (Wildman–Crippen LogP) is 11.8. The summed E-state index contributed by atoms with van der Waals surface area (Å²) in [5.41, 5.74) is 0.332. The van der Waals surface area contributed by atoms with Gasteiger partial charge in [0.15, 0.2) is 43.5 Å². The molecule has 0 bridgehead atoms. The van der Waals surface area contributed by atoms with Crippen LogP contribution in [0, 0.1) is 0 Å². The molecule has 0 radical (unpaired) electrons. The second-order valence-corrected chi connectivity index (χ2v) is 32.6. The molecule has 121 heavy (non-hydrogen) atoms. The van der Waals surface area contributed by atoms with Gasteiger partial charge in [-0.15, -0.1) is 11.8 Å². The number of amides is 2. The topological polar surface area (TPSA) is 350 Å². The standard InChI is InChI=1S/C89H154N2O29S/c1-17-27-43-99-54-67-73(103-47-31-21-5)80(107-51-35-25-9)83(112-63(15)96)87(115-67)109-53-42-66(110-61(13)94)75(120-88-84(113-64(16)97)81(108-52-36-26-10)74(104-48-32-22-6)68(116-88)55-100-44-28-18-2)82(111-62(14)95)85(98)118-76-69(56-101-45-29-19-3)114-86(71(90-59(11)92)78(76)105-49-33-23-7)119-77-70(57-102-46-30-20-4)117-89(121-58-65-40-38-37-39-41-65)72(91-60(12)93)79(77)106-50-34-24-8/h37-41,66-89,98H,17-36,42-58H2,1-16H3,(H,90,92)(H,91,93). The molecule has 0 saturated carbocycles. The quantitative estimate of drug-likeness (QED) is 0.0236. The number of nitrogens with one attached hydrogen (secondary N) is 2. The van der Waals surface area contributed by atoms with Gasteiger partial charge in [0.2, 0.25) is 11.8 Å². The number of aliphatic hydroxyl groups excluding tert-OH is 1. The number of ether oxygens (including phenoxy) is 22. The minimum absolute atomic E-state index is 0.0206. The van der Waals surface area contributed by atoms with E-state index in [9.17, 15) is 33.9 Å². The molecule has 32 heteroatoms. The highest BCUT2D eigenvalue weighted by atomic mass is 32.2. The van der Waals surface area contributed by atoms with E-state index in [1.165, 1.54) is 39.5 Å². The van der Waals surface area contributed by atoms with Crippen molar-refractivity contribution in [3.63, 3.8) is 0 Å². The minimum atomic E-state index is -2.37. The summed E-state index contributed by atoms with van der Waals surface area (Å²) >= 11 is 1.49. The molecule has 4 saturated heterocycles. The fourth-order valence-corrected chi connectivity index (χ4v) is 15.6. The first kappa shape index (κ1) is 107. The summed E-state index contributed by atoms with van der Waals surface area (Å²) in [6, 6.07) is 7.76. The van der Waals surface area contributed by atoms with Crippen LogP contribution in [-0.2, 0) is 139 Å². The molecule has 1 aromatic carbocycles. The smallest absolute Gasteiger partial charge is 0.303 e. The third-order valence-corrected chi connectivity index (χ3v) is 22.0. The highest BCUT2D eigenvalue weighted by Gasteiger charge is 2.58. The van der Waals surface area contributed by atoms with Crippen molar-refractivity contribution in [2.75, 3.05) is 99.1 Å². The Morgan fingerprint density at radius 1 is 0.372 bits per heavy atom. The molecule has 24 unspecified atom stereocenters. The van der Waals surface area contributed by atoms with E-state index in [2.05, 4.69) is 24.5 Å². The molecule has 0 aliphatic carbocycles. The SMILES string of the molecule is CCCCOCC1OC(OC2C(COCCCC)OC(SCc3ccccc3)C(NC(C)=O)C2OCCCC)C(NC(C)=O)C(OCCCC)C1OC(O)C(OC(C)=O)C(OC1OC(COCCCC)C(OCCCC)C(OCCCC)C1OC(C)=O)C(CCOC1OC(COCCCC)C(OCCCC)C(OCCCC)C1OC(C)=O)OC(C)=O. The summed E-state index contributed by atoms with van der Waals surface area (Å²) in [5, 5.41) is 20.0. The van der Waals surface area contributed by atoms with Crippen molar-refractivity contribution in [2.45, 2.75) is 398 Å². The van der Waals surface area contributed by atoms with E-state index in [4.69, 9.17) is 104 Å². The van der Waals surface area contributed by atoms with Gasteiger partial charge < -0.3 is 120 Å². The van der Waals surface area contributed by atoms with Crippen molar-refractivity contribution in [1.29, 1.82) is 0 Å². The van der Waals surface area contributed by atoms with Crippen LogP contribution >= 0.6 is 11.8 Å². The van der Waals surface area contributed by atoms with Gasteiger partial charge in [0.1, 0.15) is 96.9 Å². The number of carbonyl (C=O) groups is 6. The number of benzene rings is 1. The number of rotatable bonds is 66. The van der Waals surface area contributed by atoms with Gasteiger partial charge in [-0.1, -0.05) is 164 Å². The van der Waals surface area contributed by atoms with Gasteiger partial charge in [0.05, 0.1) is 39.1 Å². The van der Waals surface area contributed by atoms with E-state index in [0.717, 1.165) is 90.0 Å². The van der Waals surface area contributed by atoms with Crippen molar-refractivity contribution in [3.8, 4) is 0 Å². The Morgan fingerprint density at radius 2 is 0.744 bits per heavy atom. The molecule has 2 amide bonds. The van der Waals surface area contributed by atoms with Crippen molar-refractivity contribution in [1.82, 2.24) is 10.6 Å². The zero-order valence-electron chi connectivity index (χ0n) is 75.7. The maximum absolute atomic E-state index is 14.4. The number of esters is 4. The first-order valence-electron chi connectivity index (χ1n) is 45.3. The van der Waals surface area contributed by atoms with Crippen LogP contribution in [0.15, 0.2) is 30.3 Å². The molecule has 1 aromatic rings. The van der Waals surface area contributed by atoms with Crippen LogP contribution < -0.4 is 10.6 Å². The first-order chi connectivity index (χ1) is 58.6. The zero-order chi connectivity index (χ0) is 88.3. The molecular formula is C89H154N2O29S. The van der Waals surface area contributed by atoms with E-state index in [1.54, 1.807) is 0 Å². The number of aliphatic hydroxyl groups is 1. The van der Waals surface area contributed by atoms with Crippen LogP contribution in [0.3, 0.4) is 0 Å². The Kier molecular flexibility index (Phi) is 55.6. The Bertz CT molecular complexity index is 2920. The third-order valence-electron chi connectivity index (χ3n) is 20.8. The maximum atomic E-state index is 14.4. The summed E-state index contributed by atoms with van der Waals surface area (Å²) in [6.07, 6.45) is -14.2. The molecule has 4 aliphatic heterocycles. The molecular weight excluding hydrogens is 1590 g/mol. The van der Waals surface area contributed by atoms with Crippen LogP contribution in [0.1, 0.15) is 251 Å². The number of carbonyl (C=O) groups excluding carboxylic acids is 6. The van der Waals surface area contributed by atoms with Crippen LogP contribution in [-0.4, -0.2) is 286 Å². The molecule has 4 heterocycles. The first-order valence-corrected chi connectivity index (χ1v) is 46.4. The van der Waals surface area contributed by atoms with E-state index < -0.39 is 183 Å². The van der Waals surface area contributed by atoms with Gasteiger partial charge in [-0.05, 0) is 69.8 Å². The molecule has 5 rings (SSSR count). The summed E-state index contributed by atoms with van der Waals surface area (Å²) in [6.45, 7) is 29.8. The fraction of sp³-hybridized carbons (Fsp3) is 0.865. The van der Waals surface area contributed by atoms with Gasteiger partial charge >= 0.3 is 23.9 Å². The lowest BCUT2D eigenvalue weighted by molar-refractivity contribution is -0.356. The van der Waals surface area contributed by atoms with Gasteiger partial charge in [0.25, 0.3) is 0 Å². The minimum Gasteiger partial charge on any atom is -0.460 e. The van der Waals surface area contributed by atoms with E-state index in [0.29, 0.717) is 90.0 Å². The number of hydrogen-bond donors (Lipinski definition) is 3. The Labute approximate surface area is 725 Å². The Balaban J connectivity index is 1.81. The van der Waals surface area contributed by atoms with Crippen LogP contribution in [0.5, 0.6) is 0 Å². The third kappa shape index (κ3) is 38.6. The largest absolute Gasteiger partial charge is 0.460 e. The lowest BCUT2D eigenvalue weighted by atomic mass is 9.94. The average Bonchev–Trinajstić information content (AvgIpc) is 0.760. The number of unbranched alkanes of at least 4 members (excludes halogenated alkanes) is 10. The average molecular weight is 1750 g/mol. The highest BCUT2D eigenvalue weighted by molar-refractivity contribution is 7.99. The second-order valence-electron chi connectivity index (χ2n) is 31.5. The van der Waals surface area contributed by atoms with E-state index in [1.807, 2.05) is 85.7 Å². The normalized spacial score (nSPS) is 27.9. The van der Waals surface area contributed by atoms with Crippen molar-refractivity contribution in [3.05, 3.63) is 35.9 Å². The second kappa shape index (κ2) is 62.7. The molecule has 4 fully saturated rings. The molecule has 0 aromatic heterocycles. The van der Waals surface area contributed by atoms with Crippen LogP contribution in [0.25, 0.3) is 0 Å².